The number of alkyl halides is 3. The van der Waals surface area contributed by atoms with Crippen LogP contribution in [0.3, 0.4) is 0 Å². The van der Waals surface area contributed by atoms with Gasteiger partial charge in [0.15, 0.2) is 5.76 Å². The number of rotatable bonds is 3. The van der Waals surface area contributed by atoms with Gasteiger partial charge in [0, 0.05) is 31.7 Å². The van der Waals surface area contributed by atoms with Crippen LogP contribution >= 0.6 is 0 Å². The highest BCUT2D eigenvalue weighted by Gasteiger charge is 2.31. The highest BCUT2D eigenvalue weighted by atomic mass is 19.4. The molecule has 25 heavy (non-hydrogen) atoms. The van der Waals surface area contributed by atoms with Crippen molar-refractivity contribution in [1.82, 2.24) is 9.80 Å². The number of likely N-dealkylation sites (N-methyl/N-ethyl adjacent to an activating group) is 1. The van der Waals surface area contributed by atoms with Crippen molar-refractivity contribution in [3.8, 4) is 11.3 Å². The van der Waals surface area contributed by atoms with Crippen LogP contribution in [0.5, 0.6) is 0 Å². The van der Waals surface area contributed by atoms with Crippen molar-refractivity contribution in [2.24, 2.45) is 0 Å². The number of hydrogen-bond donors (Lipinski definition) is 0. The Bertz CT molecular complexity index is 747. The third kappa shape index (κ3) is 3.87. The lowest BCUT2D eigenvalue weighted by Gasteiger charge is -2.33. The quantitative estimate of drug-likeness (QED) is 0.844. The Morgan fingerprint density at radius 2 is 1.84 bits per heavy atom. The van der Waals surface area contributed by atoms with Crippen molar-refractivity contribution in [2.45, 2.75) is 13.1 Å². The van der Waals surface area contributed by atoms with Crippen LogP contribution in [0.1, 0.15) is 23.0 Å². The first-order valence-corrected chi connectivity index (χ1v) is 8.17. The lowest BCUT2D eigenvalue weighted by molar-refractivity contribution is -0.137. The molecular formula is C18H19F3N2O2. The second kappa shape index (κ2) is 6.92. The van der Waals surface area contributed by atoms with Gasteiger partial charge < -0.3 is 14.2 Å². The van der Waals surface area contributed by atoms with E-state index in [1.807, 2.05) is 0 Å². The lowest BCUT2D eigenvalue weighted by Crippen LogP contribution is -2.48. The molecule has 0 bridgehead atoms. The fourth-order valence-electron chi connectivity index (χ4n) is 2.88. The molecule has 0 aliphatic carbocycles. The molecule has 0 spiro atoms. The molecule has 0 N–H and O–H groups in total. The molecule has 1 aliphatic rings. The topological polar surface area (TPSA) is 36.7 Å². The summed E-state index contributed by atoms with van der Waals surface area (Å²) < 4.78 is 44.0. The van der Waals surface area contributed by atoms with Gasteiger partial charge in [-0.25, -0.2) is 0 Å². The molecule has 1 amide bonds. The smallest absolute Gasteiger partial charge is 0.416 e. The number of piperazine rings is 1. The molecule has 0 atom stereocenters. The van der Waals surface area contributed by atoms with Gasteiger partial charge in [-0.2, -0.15) is 13.2 Å². The summed E-state index contributed by atoms with van der Waals surface area (Å²) in [6.45, 7) is 5.87. The van der Waals surface area contributed by atoms with Crippen molar-refractivity contribution >= 4 is 5.91 Å². The molecule has 1 saturated heterocycles. The molecule has 3 rings (SSSR count). The van der Waals surface area contributed by atoms with Gasteiger partial charge in [0.25, 0.3) is 5.91 Å². The average molecular weight is 352 g/mol. The highest BCUT2D eigenvalue weighted by Crippen LogP contribution is 2.32. The molecule has 1 aromatic heterocycles. The summed E-state index contributed by atoms with van der Waals surface area (Å²) in [5.41, 5.74) is -0.449. The fraction of sp³-hybridized carbons (Fsp3) is 0.389. The SMILES string of the molecule is CCN1CCN(C(=O)c2ccc(-c3cccc(C(F)(F)F)c3)o2)CC1. The van der Waals surface area contributed by atoms with Gasteiger partial charge in [-0.3, -0.25) is 4.79 Å². The third-order valence-corrected chi connectivity index (χ3v) is 4.40. The Labute approximate surface area is 143 Å². The average Bonchev–Trinajstić information content (AvgIpc) is 3.11. The van der Waals surface area contributed by atoms with Crippen LogP contribution in [0.4, 0.5) is 13.2 Å². The Kier molecular flexibility index (Phi) is 4.85. The monoisotopic (exact) mass is 352 g/mol. The standard InChI is InChI=1S/C18H19F3N2O2/c1-2-22-8-10-23(11-9-22)17(24)16-7-6-15(25-16)13-4-3-5-14(12-13)18(19,20)21/h3-7,12H,2,8-11H2,1H3. The molecule has 1 aromatic carbocycles. The Morgan fingerprint density at radius 1 is 1.12 bits per heavy atom. The van der Waals surface area contributed by atoms with Gasteiger partial charge in [-0.05, 0) is 30.8 Å². The number of carbonyl (C=O) groups excluding carboxylic acids is 1. The predicted octanol–water partition coefficient (Wildman–Crippen LogP) is 3.74. The van der Waals surface area contributed by atoms with Crippen LogP contribution in [-0.2, 0) is 6.18 Å². The van der Waals surface area contributed by atoms with E-state index in [1.54, 1.807) is 4.90 Å². The van der Waals surface area contributed by atoms with E-state index in [1.165, 1.54) is 24.3 Å². The molecule has 2 aromatic rings. The van der Waals surface area contributed by atoms with Crippen LogP contribution in [0.25, 0.3) is 11.3 Å². The second-order valence-electron chi connectivity index (χ2n) is 5.97. The van der Waals surface area contributed by atoms with Gasteiger partial charge in [-0.15, -0.1) is 0 Å². The van der Waals surface area contributed by atoms with Crippen molar-refractivity contribution in [2.75, 3.05) is 32.7 Å². The molecule has 7 heteroatoms. The number of hydrogen-bond acceptors (Lipinski definition) is 3. The minimum atomic E-state index is -4.42. The minimum absolute atomic E-state index is 0.150. The number of furan rings is 1. The molecule has 1 fully saturated rings. The van der Waals surface area contributed by atoms with Crippen LogP contribution in [0, 0.1) is 0 Å². The largest absolute Gasteiger partial charge is 0.451 e. The zero-order valence-electron chi connectivity index (χ0n) is 13.8. The first kappa shape index (κ1) is 17.5. The van der Waals surface area contributed by atoms with Crippen molar-refractivity contribution in [1.29, 1.82) is 0 Å². The minimum Gasteiger partial charge on any atom is -0.451 e. The maximum atomic E-state index is 12.8. The van der Waals surface area contributed by atoms with Crippen LogP contribution in [-0.4, -0.2) is 48.4 Å². The Morgan fingerprint density at radius 3 is 2.48 bits per heavy atom. The maximum absolute atomic E-state index is 12.8. The third-order valence-electron chi connectivity index (χ3n) is 4.40. The summed E-state index contributed by atoms with van der Waals surface area (Å²) in [6.07, 6.45) is -4.42. The van der Waals surface area contributed by atoms with E-state index in [9.17, 15) is 18.0 Å². The zero-order chi connectivity index (χ0) is 18.0. The second-order valence-corrected chi connectivity index (χ2v) is 5.97. The van der Waals surface area contributed by atoms with Gasteiger partial charge in [0.1, 0.15) is 5.76 Å². The normalized spacial score (nSPS) is 16.2. The lowest BCUT2D eigenvalue weighted by atomic mass is 10.1. The summed E-state index contributed by atoms with van der Waals surface area (Å²) >= 11 is 0. The number of halogens is 3. The molecule has 0 radical (unpaired) electrons. The summed E-state index contributed by atoms with van der Waals surface area (Å²) in [4.78, 5) is 16.5. The highest BCUT2D eigenvalue weighted by molar-refractivity contribution is 5.92. The van der Waals surface area contributed by atoms with Gasteiger partial charge >= 0.3 is 6.18 Å². The molecule has 1 aliphatic heterocycles. The fourth-order valence-corrected chi connectivity index (χ4v) is 2.88. The number of carbonyl (C=O) groups is 1. The first-order valence-electron chi connectivity index (χ1n) is 8.17. The summed E-state index contributed by atoms with van der Waals surface area (Å²) in [5, 5.41) is 0. The van der Waals surface area contributed by atoms with E-state index in [-0.39, 0.29) is 17.4 Å². The van der Waals surface area contributed by atoms with E-state index < -0.39 is 11.7 Å². The van der Waals surface area contributed by atoms with E-state index in [2.05, 4.69) is 11.8 Å². The Balaban J connectivity index is 1.76. The predicted molar refractivity (Wildman–Crippen MR) is 87.2 cm³/mol. The van der Waals surface area contributed by atoms with E-state index in [4.69, 9.17) is 4.42 Å². The van der Waals surface area contributed by atoms with Crippen molar-refractivity contribution in [3.63, 3.8) is 0 Å². The van der Waals surface area contributed by atoms with Crippen LogP contribution in [0.2, 0.25) is 0 Å². The molecule has 4 nitrogen and oxygen atoms in total. The summed E-state index contributed by atoms with van der Waals surface area (Å²) in [6, 6.07) is 7.93. The number of amides is 1. The van der Waals surface area contributed by atoms with E-state index in [0.717, 1.165) is 31.8 Å². The van der Waals surface area contributed by atoms with Crippen LogP contribution < -0.4 is 0 Å². The molecule has 0 saturated carbocycles. The molecule has 2 heterocycles. The summed E-state index contributed by atoms with van der Waals surface area (Å²) in [5.74, 6) is 0.174. The van der Waals surface area contributed by atoms with Gasteiger partial charge in [0.2, 0.25) is 0 Å². The van der Waals surface area contributed by atoms with Crippen LogP contribution in [0.15, 0.2) is 40.8 Å². The van der Waals surface area contributed by atoms with Gasteiger partial charge in [0.05, 0.1) is 5.56 Å². The zero-order valence-corrected chi connectivity index (χ0v) is 13.8. The van der Waals surface area contributed by atoms with Crippen molar-refractivity contribution < 1.29 is 22.4 Å². The Hall–Kier alpha value is -2.28. The van der Waals surface area contributed by atoms with Gasteiger partial charge in [-0.1, -0.05) is 19.1 Å². The molecule has 134 valence electrons. The van der Waals surface area contributed by atoms with E-state index in [0.29, 0.717) is 18.7 Å². The first-order chi connectivity index (χ1) is 11.9. The molecule has 0 unspecified atom stereocenters. The van der Waals surface area contributed by atoms with Crippen molar-refractivity contribution in [3.05, 3.63) is 47.7 Å². The van der Waals surface area contributed by atoms with E-state index >= 15 is 0 Å². The number of nitrogens with zero attached hydrogens (tertiary/aromatic N) is 2. The molecular weight excluding hydrogens is 333 g/mol. The maximum Gasteiger partial charge on any atom is 0.416 e. The number of benzene rings is 1. The summed E-state index contributed by atoms with van der Waals surface area (Å²) in [7, 11) is 0.